The fourth-order valence-electron chi connectivity index (χ4n) is 6.12. The molecule has 2 aliphatic carbocycles. The van der Waals surface area contributed by atoms with Crippen LogP contribution in [0, 0.1) is 0 Å². The Hall–Kier alpha value is -2.49. The van der Waals surface area contributed by atoms with Crippen molar-refractivity contribution in [1.29, 1.82) is 0 Å². The molecule has 2 heteroatoms. The van der Waals surface area contributed by atoms with Crippen molar-refractivity contribution in [3.63, 3.8) is 0 Å². The van der Waals surface area contributed by atoms with Gasteiger partial charge in [0, 0.05) is 25.8 Å². The largest absolute Gasteiger partial charge is 0 e. The summed E-state index contributed by atoms with van der Waals surface area (Å²) >= 11 is -2.45. The van der Waals surface area contributed by atoms with E-state index in [2.05, 4.69) is 140 Å². The number of rotatable bonds is 4. The zero-order valence-electron chi connectivity index (χ0n) is 19.9. The maximum atomic E-state index is 2.41. The summed E-state index contributed by atoms with van der Waals surface area (Å²) in [5, 5.41) is 0. The summed E-state index contributed by atoms with van der Waals surface area (Å²) in [5.41, 5.74) is 10.2. The van der Waals surface area contributed by atoms with Crippen LogP contribution >= 0.6 is 0 Å². The topological polar surface area (TPSA) is 0 Å². The van der Waals surface area contributed by atoms with Crippen molar-refractivity contribution >= 4 is 33.0 Å². The van der Waals surface area contributed by atoms with Crippen molar-refractivity contribution < 1.29 is 25.8 Å². The Morgan fingerprint density at radius 3 is 1.75 bits per heavy atom. The molecule has 2 atom stereocenters. The summed E-state index contributed by atoms with van der Waals surface area (Å²) in [6.07, 6.45) is 4.72. The van der Waals surface area contributed by atoms with Gasteiger partial charge in [0.15, 0.2) is 0 Å². The third-order valence-electron chi connectivity index (χ3n) is 7.58. The van der Waals surface area contributed by atoms with E-state index in [9.17, 15) is 0 Å². The standard InChI is InChI=1S/C22H15.2C6H5.Hf.Sn/c1-3-8-17-15(6-1)12-13-21(17)20-11-5-10-19-18-9-4-2-7-16(18)14-22(19)20;2*1-2-4-6-5-3-1;;/h1-14,21H;2*1-5H;;. The summed E-state index contributed by atoms with van der Waals surface area (Å²) in [4.78, 5) is 0. The molecule has 0 bridgehead atoms. The molecule has 0 saturated carbocycles. The van der Waals surface area contributed by atoms with E-state index in [1.165, 1.54) is 33.4 Å². The van der Waals surface area contributed by atoms with E-state index in [0.29, 0.717) is 9.85 Å². The van der Waals surface area contributed by atoms with E-state index in [4.69, 9.17) is 0 Å². The van der Waals surface area contributed by atoms with Gasteiger partial charge in [-0.15, -0.1) is 0 Å². The molecule has 5 aromatic rings. The minimum atomic E-state index is -2.45. The molecule has 0 nitrogen and oxygen atoms in total. The van der Waals surface area contributed by atoms with Crippen molar-refractivity contribution in [1.82, 2.24) is 0 Å². The first-order valence-corrected chi connectivity index (χ1v) is 16.9. The quantitative estimate of drug-likeness (QED) is 0.179. The van der Waals surface area contributed by atoms with Crippen molar-refractivity contribution in [3.05, 3.63) is 161 Å². The molecular formula is C34H25HfSn. The predicted octanol–water partition coefficient (Wildman–Crippen LogP) is 6.80. The van der Waals surface area contributed by atoms with E-state index in [0.717, 1.165) is 0 Å². The van der Waals surface area contributed by atoms with Gasteiger partial charge in [-0.1, -0.05) is 0 Å². The minimum absolute atomic E-state index is 0. The summed E-state index contributed by atoms with van der Waals surface area (Å²) in [7, 11) is 0. The molecule has 1 radical (unpaired) electrons. The molecule has 0 spiro atoms. The second-order valence-corrected chi connectivity index (χ2v) is 16.7. The Labute approximate surface area is 239 Å². The molecule has 0 N–H and O–H groups in total. The summed E-state index contributed by atoms with van der Waals surface area (Å²) < 4.78 is 3.57. The molecule has 0 saturated heterocycles. The van der Waals surface area contributed by atoms with Gasteiger partial charge in [0.25, 0.3) is 0 Å². The molecule has 7 rings (SSSR count). The van der Waals surface area contributed by atoms with E-state index in [-0.39, 0.29) is 25.8 Å². The first kappa shape index (κ1) is 23.9. The molecule has 5 aromatic carbocycles. The van der Waals surface area contributed by atoms with Gasteiger partial charge in [-0.3, -0.25) is 0 Å². The predicted molar refractivity (Wildman–Crippen MR) is 149 cm³/mol. The third kappa shape index (κ3) is 3.92. The molecule has 169 valence electrons. The van der Waals surface area contributed by atoms with Gasteiger partial charge in [0.2, 0.25) is 0 Å². The van der Waals surface area contributed by atoms with E-state index < -0.39 is 19.8 Å². The number of benzene rings is 5. The van der Waals surface area contributed by atoms with Crippen molar-refractivity contribution in [3.8, 4) is 11.1 Å². The second kappa shape index (κ2) is 10.1. The Morgan fingerprint density at radius 1 is 0.472 bits per heavy atom. The SMILES string of the molecule is C1=CC(c2cccc3c2[CH]([Sn]([c]2ccccc2)[c]2ccccc2)c2ccccc2-3)c2ccccc21.[Hf]. The maximum absolute atomic E-state index is 2.45. The average molecular weight is 731 g/mol. The average Bonchev–Trinajstić information content (AvgIpc) is 3.50. The van der Waals surface area contributed by atoms with Gasteiger partial charge in [-0.05, 0) is 0 Å². The van der Waals surface area contributed by atoms with Gasteiger partial charge in [-0.25, -0.2) is 0 Å². The van der Waals surface area contributed by atoms with Crippen LogP contribution < -0.4 is 7.16 Å². The Kier molecular flexibility index (Phi) is 6.70. The number of hydrogen-bond acceptors (Lipinski definition) is 0. The van der Waals surface area contributed by atoms with Crippen LogP contribution in [0.15, 0.2) is 133 Å². The van der Waals surface area contributed by atoms with Crippen LogP contribution in [0.1, 0.15) is 37.7 Å². The Bertz CT molecular complexity index is 1520. The molecular weight excluding hydrogens is 706 g/mol. The first-order valence-electron chi connectivity index (χ1n) is 12.4. The fourth-order valence-corrected chi connectivity index (χ4v) is 15.5. The van der Waals surface area contributed by atoms with Crippen molar-refractivity contribution in [2.45, 2.75) is 9.85 Å². The molecule has 0 amide bonds. The molecule has 36 heavy (non-hydrogen) atoms. The van der Waals surface area contributed by atoms with Crippen molar-refractivity contribution in [2.75, 3.05) is 0 Å². The fraction of sp³-hybridized carbons (Fsp3) is 0.0588. The van der Waals surface area contributed by atoms with E-state index in [1.54, 1.807) is 12.7 Å². The summed E-state index contributed by atoms with van der Waals surface area (Å²) in [5.74, 6) is 0.314. The summed E-state index contributed by atoms with van der Waals surface area (Å²) in [6, 6.07) is 47.8. The van der Waals surface area contributed by atoms with E-state index >= 15 is 0 Å². The molecule has 2 aliphatic rings. The van der Waals surface area contributed by atoms with E-state index in [1.807, 2.05) is 0 Å². The molecule has 0 aromatic heterocycles. The Morgan fingerprint density at radius 2 is 1.03 bits per heavy atom. The number of allylic oxidation sites excluding steroid dienone is 1. The summed E-state index contributed by atoms with van der Waals surface area (Å²) in [6.45, 7) is 0. The number of hydrogen-bond donors (Lipinski definition) is 0. The first-order chi connectivity index (χ1) is 17.4. The van der Waals surface area contributed by atoms with Gasteiger partial charge < -0.3 is 0 Å². The second-order valence-electron chi connectivity index (χ2n) is 9.44. The Balaban J connectivity index is 0.00000240. The van der Waals surface area contributed by atoms with Crippen LogP contribution in [0.4, 0.5) is 0 Å². The monoisotopic (exact) mass is 733 g/mol. The molecule has 0 aliphatic heterocycles. The van der Waals surface area contributed by atoms with Crippen LogP contribution in [-0.2, 0) is 25.8 Å². The minimum Gasteiger partial charge on any atom is 0 e. The molecule has 0 heterocycles. The van der Waals surface area contributed by atoms with Crippen LogP contribution in [0.3, 0.4) is 0 Å². The number of fused-ring (bicyclic) bond motifs is 4. The molecule has 0 fully saturated rings. The van der Waals surface area contributed by atoms with Crippen LogP contribution in [0.2, 0.25) is 0 Å². The van der Waals surface area contributed by atoms with Crippen LogP contribution in [0.5, 0.6) is 0 Å². The maximum Gasteiger partial charge on any atom is 0 e. The zero-order chi connectivity index (χ0) is 23.2. The van der Waals surface area contributed by atoms with Crippen LogP contribution in [-0.4, -0.2) is 19.8 Å². The molecule has 2 unspecified atom stereocenters. The zero-order valence-corrected chi connectivity index (χ0v) is 26.4. The van der Waals surface area contributed by atoms with Gasteiger partial charge in [0.05, 0.1) is 0 Å². The van der Waals surface area contributed by atoms with Gasteiger partial charge >= 0.3 is 215 Å². The van der Waals surface area contributed by atoms with Crippen molar-refractivity contribution in [2.24, 2.45) is 0 Å². The van der Waals surface area contributed by atoms with Gasteiger partial charge in [0.1, 0.15) is 0 Å². The smallest absolute Gasteiger partial charge is 0 e. The van der Waals surface area contributed by atoms with Gasteiger partial charge in [-0.2, -0.15) is 0 Å². The third-order valence-corrected chi connectivity index (χ3v) is 16.4. The normalized spacial score (nSPS) is 16.8. The van der Waals surface area contributed by atoms with Crippen LogP contribution in [0.25, 0.3) is 17.2 Å².